The number of hydrogen-bond acceptors (Lipinski definition) is 4. The average molecular weight is 254 g/mol. The number of carbonyl (C=O) groups excluding carboxylic acids is 2. The van der Waals surface area contributed by atoms with Crippen LogP contribution in [0.3, 0.4) is 0 Å². The van der Waals surface area contributed by atoms with E-state index in [0.29, 0.717) is 12.0 Å². The molecule has 1 fully saturated rings. The summed E-state index contributed by atoms with van der Waals surface area (Å²) in [7, 11) is 0. The van der Waals surface area contributed by atoms with Gasteiger partial charge in [0, 0.05) is 5.57 Å². The van der Waals surface area contributed by atoms with Crippen molar-refractivity contribution in [2.75, 3.05) is 0 Å². The number of esters is 2. The molecule has 0 amide bonds. The van der Waals surface area contributed by atoms with Crippen LogP contribution in [0.5, 0.6) is 0 Å². The second-order valence-corrected chi connectivity index (χ2v) is 4.78. The van der Waals surface area contributed by atoms with E-state index >= 15 is 0 Å². The van der Waals surface area contributed by atoms with Crippen molar-refractivity contribution in [3.05, 3.63) is 12.2 Å². The van der Waals surface area contributed by atoms with E-state index in [1.807, 2.05) is 0 Å². The Morgan fingerprint density at radius 3 is 2.39 bits per heavy atom. The summed E-state index contributed by atoms with van der Waals surface area (Å²) in [6.45, 7) is 6.84. The molecular weight excluding hydrogens is 232 g/mol. The van der Waals surface area contributed by atoms with Crippen molar-refractivity contribution in [3.8, 4) is 0 Å². The molecule has 1 aliphatic rings. The molecule has 1 rings (SSSR count). The van der Waals surface area contributed by atoms with Gasteiger partial charge in [0.15, 0.2) is 6.10 Å². The third-order valence-corrected chi connectivity index (χ3v) is 3.07. The first kappa shape index (κ1) is 14.7. The summed E-state index contributed by atoms with van der Waals surface area (Å²) in [5, 5.41) is 0. The fourth-order valence-electron chi connectivity index (χ4n) is 1.95. The molecule has 1 atom stereocenters. The largest absolute Gasteiger partial charge is 0.460 e. The summed E-state index contributed by atoms with van der Waals surface area (Å²) in [4.78, 5) is 23.3. The molecular formula is C14H22O4. The Morgan fingerprint density at radius 1 is 1.28 bits per heavy atom. The van der Waals surface area contributed by atoms with Crippen LogP contribution in [0.1, 0.15) is 52.4 Å². The van der Waals surface area contributed by atoms with Gasteiger partial charge in [-0.25, -0.2) is 9.59 Å². The highest BCUT2D eigenvalue weighted by atomic mass is 16.6. The van der Waals surface area contributed by atoms with Gasteiger partial charge in [-0.15, -0.1) is 0 Å². The minimum atomic E-state index is -0.809. The standard InChI is InChI=1S/C14H22O4/c1-4-12(18-13(15)10(2)3)14(16)17-11-8-6-5-7-9-11/h11-12H,2,4-9H2,1,3H3. The van der Waals surface area contributed by atoms with Gasteiger partial charge in [0.1, 0.15) is 6.10 Å². The molecule has 1 aliphatic carbocycles. The van der Waals surface area contributed by atoms with Crippen molar-refractivity contribution in [2.24, 2.45) is 0 Å². The van der Waals surface area contributed by atoms with E-state index in [2.05, 4.69) is 6.58 Å². The lowest BCUT2D eigenvalue weighted by Gasteiger charge is -2.24. The molecule has 4 heteroatoms. The van der Waals surface area contributed by atoms with Crippen LogP contribution in [-0.4, -0.2) is 24.1 Å². The summed E-state index contributed by atoms with van der Waals surface area (Å²) in [6, 6.07) is 0. The van der Waals surface area contributed by atoms with Crippen LogP contribution in [0, 0.1) is 0 Å². The number of ether oxygens (including phenoxy) is 2. The summed E-state index contributed by atoms with van der Waals surface area (Å²) in [6.07, 6.45) is 4.83. The molecule has 0 radical (unpaired) electrons. The van der Waals surface area contributed by atoms with Gasteiger partial charge in [0.2, 0.25) is 0 Å². The molecule has 0 spiro atoms. The first-order chi connectivity index (χ1) is 8.54. The molecule has 1 saturated carbocycles. The molecule has 4 nitrogen and oxygen atoms in total. The predicted octanol–water partition coefficient (Wildman–Crippen LogP) is 2.76. The van der Waals surface area contributed by atoms with Gasteiger partial charge in [-0.05, 0) is 39.0 Å². The van der Waals surface area contributed by atoms with Crippen molar-refractivity contribution in [3.63, 3.8) is 0 Å². The second-order valence-electron chi connectivity index (χ2n) is 4.78. The van der Waals surface area contributed by atoms with Gasteiger partial charge in [-0.1, -0.05) is 19.9 Å². The van der Waals surface area contributed by atoms with Gasteiger partial charge in [-0.2, -0.15) is 0 Å². The van der Waals surface area contributed by atoms with Gasteiger partial charge in [-0.3, -0.25) is 0 Å². The molecule has 102 valence electrons. The maximum atomic E-state index is 11.9. The zero-order valence-corrected chi connectivity index (χ0v) is 11.2. The van der Waals surface area contributed by atoms with E-state index in [4.69, 9.17) is 9.47 Å². The van der Waals surface area contributed by atoms with Crippen LogP contribution < -0.4 is 0 Å². The van der Waals surface area contributed by atoms with E-state index in [1.54, 1.807) is 13.8 Å². The number of carbonyl (C=O) groups is 2. The first-order valence-corrected chi connectivity index (χ1v) is 6.61. The van der Waals surface area contributed by atoms with Crippen LogP contribution in [0.4, 0.5) is 0 Å². The zero-order chi connectivity index (χ0) is 13.5. The van der Waals surface area contributed by atoms with Gasteiger partial charge in [0.05, 0.1) is 0 Å². The maximum absolute atomic E-state index is 11.9. The monoisotopic (exact) mass is 254 g/mol. The molecule has 0 heterocycles. The third-order valence-electron chi connectivity index (χ3n) is 3.07. The quantitative estimate of drug-likeness (QED) is 0.559. The van der Waals surface area contributed by atoms with Crippen molar-refractivity contribution in [1.82, 2.24) is 0 Å². The van der Waals surface area contributed by atoms with Crippen LogP contribution in [-0.2, 0) is 19.1 Å². The molecule has 0 aromatic rings. The van der Waals surface area contributed by atoms with E-state index in [1.165, 1.54) is 6.42 Å². The maximum Gasteiger partial charge on any atom is 0.347 e. The third kappa shape index (κ3) is 4.51. The van der Waals surface area contributed by atoms with Gasteiger partial charge in [0.25, 0.3) is 0 Å². The number of rotatable bonds is 5. The molecule has 0 aromatic heterocycles. The molecule has 0 aromatic carbocycles. The zero-order valence-electron chi connectivity index (χ0n) is 11.2. The lowest BCUT2D eigenvalue weighted by Crippen LogP contribution is -2.32. The Bertz CT molecular complexity index is 316. The van der Waals surface area contributed by atoms with Crippen molar-refractivity contribution in [2.45, 2.75) is 64.6 Å². The van der Waals surface area contributed by atoms with E-state index < -0.39 is 18.0 Å². The van der Waals surface area contributed by atoms with Gasteiger partial charge >= 0.3 is 11.9 Å². The smallest absolute Gasteiger partial charge is 0.347 e. The van der Waals surface area contributed by atoms with Crippen LogP contribution in [0.2, 0.25) is 0 Å². The van der Waals surface area contributed by atoms with E-state index in [-0.39, 0.29) is 6.10 Å². The highest BCUT2D eigenvalue weighted by Gasteiger charge is 2.26. The lowest BCUT2D eigenvalue weighted by atomic mass is 9.98. The number of hydrogen-bond donors (Lipinski definition) is 0. The molecule has 0 N–H and O–H groups in total. The Morgan fingerprint density at radius 2 is 1.89 bits per heavy atom. The van der Waals surface area contributed by atoms with Crippen molar-refractivity contribution >= 4 is 11.9 Å². The van der Waals surface area contributed by atoms with Crippen LogP contribution in [0.25, 0.3) is 0 Å². The molecule has 18 heavy (non-hydrogen) atoms. The minimum absolute atomic E-state index is 0.0103. The molecule has 0 bridgehead atoms. The summed E-state index contributed by atoms with van der Waals surface area (Å²) in [5.74, 6) is -0.971. The first-order valence-electron chi connectivity index (χ1n) is 6.61. The van der Waals surface area contributed by atoms with Crippen molar-refractivity contribution < 1.29 is 19.1 Å². The highest BCUT2D eigenvalue weighted by Crippen LogP contribution is 2.21. The summed E-state index contributed by atoms with van der Waals surface area (Å²) >= 11 is 0. The Hall–Kier alpha value is -1.32. The molecule has 1 unspecified atom stereocenters. The molecule has 0 aliphatic heterocycles. The fourth-order valence-corrected chi connectivity index (χ4v) is 1.95. The van der Waals surface area contributed by atoms with Crippen LogP contribution in [0.15, 0.2) is 12.2 Å². The lowest BCUT2D eigenvalue weighted by molar-refractivity contribution is -0.170. The minimum Gasteiger partial charge on any atom is -0.460 e. The Balaban J connectivity index is 2.45. The topological polar surface area (TPSA) is 52.6 Å². The summed E-state index contributed by atoms with van der Waals surface area (Å²) in [5.41, 5.74) is 0.291. The van der Waals surface area contributed by atoms with Crippen molar-refractivity contribution in [1.29, 1.82) is 0 Å². The van der Waals surface area contributed by atoms with Crippen LogP contribution >= 0.6 is 0 Å². The molecule has 0 saturated heterocycles. The van der Waals surface area contributed by atoms with Gasteiger partial charge < -0.3 is 9.47 Å². The SMILES string of the molecule is C=C(C)C(=O)OC(CC)C(=O)OC1CCCCC1. The second kappa shape index (κ2) is 7.19. The van der Waals surface area contributed by atoms with E-state index in [9.17, 15) is 9.59 Å². The predicted molar refractivity (Wildman–Crippen MR) is 68.0 cm³/mol. The fraction of sp³-hybridized carbons (Fsp3) is 0.714. The van der Waals surface area contributed by atoms with E-state index in [0.717, 1.165) is 25.7 Å². The highest BCUT2D eigenvalue weighted by molar-refractivity contribution is 5.89. The Kier molecular flexibility index (Phi) is 5.89. The average Bonchev–Trinajstić information content (AvgIpc) is 2.36. The summed E-state index contributed by atoms with van der Waals surface area (Å²) < 4.78 is 10.4. The normalized spacial score (nSPS) is 17.9. The Labute approximate surface area is 108 Å².